The van der Waals surface area contributed by atoms with Gasteiger partial charge in [0.2, 0.25) is 0 Å². The first-order valence-corrected chi connectivity index (χ1v) is 9.26. The second kappa shape index (κ2) is 9.03. The molecule has 3 rings (SSSR count). The average Bonchev–Trinajstić information content (AvgIpc) is 2.68. The summed E-state index contributed by atoms with van der Waals surface area (Å²) in [6, 6.07) is 8.39. The highest BCUT2D eigenvalue weighted by Gasteiger charge is 2.17. The van der Waals surface area contributed by atoms with Crippen LogP contribution in [0.3, 0.4) is 0 Å². The van der Waals surface area contributed by atoms with E-state index in [0.29, 0.717) is 37.7 Å². The minimum atomic E-state index is -0.774. The highest BCUT2D eigenvalue weighted by molar-refractivity contribution is 6.37. The third-order valence-corrected chi connectivity index (χ3v) is 4.52. The lowest BCUT2D eigenvalue weighted by Crippen LogP contribution is -2.30. The Kier molecular flexibility index (Phi) is 6.49. The summed E-state index contributed by atoms with van der Waals surface area (Å²) in [5.74, 6) is 0.203. The number of esters is 1. The van der Waals surface area contributed by atoms with Crippen molar-refractivity contribution in [3.05, 3.63) is 51.5 Å². The van der Waals surface area contributed by atoms with E-state index in [-0.39, 0.29) is 21.3 Å². The first kappa shape index (κ1) is 20.1. The van der Waals surface area contributed by atoms with Gasteiger partial charge in [-0.15, -0.1) is 0 Å². The molecule has 7 nitrogen and oxygen atoms in total. The van der Waals surface area contributed by atoms with Crippen molar-refractivity contribution in [3.8, 4) is 11.5 Å². The summed E-state index contributed by atoms with van der Waals surface area (Å²) in [6.07, 6.45) is 0.590. The van der Waals surface area contributed by atoms with Crippen LogP contribution in [0.1, 0.15) is 15.9 Å². The zero-order chi connectivity index (χ0) is 20.1. The number of halogens is 2. The molecule has 28 heavy (non-hydrogen) atoms. The lowest BCUT2D eigenvalue weighted by atomic mass is 10.1. The van der Waals surface area contributed by atoms with Crippen molar-refractivity contribution in [1.29, 1.82) is 0 Å². The van der Waals surface area contributed by atoms with Gasteiger partial charge in [0, 0.05) is 11.6 Å². The number of carbonyl (C=O) groups excluding carboxylic acids is 2. The summed E-state index contributed by atoms with van der Waals surface area (Å²) in [6.45, 7) is 0.986. The van der Waals surface area contributed by atoms with Crippen molar-refractivity contribution >= 4 is 40.8 Å². The van der Waals surface area contributed by atoms with E-state index in [0.717, 1.165) is 5.56 Å². The number of amides is 1. The summed E-state index contributed by atoms with van der Waals surface area (Å²) in [7, 11) is 0. The van der Waals surface area contributed by atoms with Crippen LogP contribution in [-0.2, 0) is 16.0 Å². The van der Waals surface area contributed by atoms with Crippen LogP contribution in [0, 0.1) is 0 Å². The average molecular weight is 425 g/mol. The molecular formula is C19H18Cl2N2O5. The van der Waals surface area contributed by atoms with E-state index in [4.69, 9.17) is 43.1 Å². The number of anilines is 1. The lowest BCUT2D eigenvalue weighted by molar-refractivity contribution is -0.124. The zero-order valence-corrected chi connectivity index (χ0v) is 16.3. The second-order valence-corrected chi connectivity index (χ2v) is 6.85. The maximum absolute atomic E-state index is 12.1. The summed E-state index contributed by atoms with van der Waals surface area (Å²) in [4.78, 5) is 24.0. The minimum absolute atomic E-state index is 0.0154. The van der Waals surface area contributed by atoms with Gasteiger partial charge in [-0.2, -0.15) is 0 Å². The molecule has 9 heteroatoms. The Balaban J connectivity index is 1.45. The van der Waals surface area contributed by atoms with Crippen LogP contribution in [0.25, 0.3) is 0 Å². The zero-order valence-electron chi connectivity index (χ0n) is 14.8. The molecule has 0 radical (unpaired) electrons. The SMILES string of the molecule is Nc1c(Cl)cc(Cl)cc1C(=O)OCC(=O)NCCc1ccc2c(c1)OCCO2. The molecule has 1 amide bonds. The smallest absolute Gasteiger partial charge is 0.340 e. The molecule has 1 aliphatic rings. The largest absolute Gasteiger partial charge is 0.486 e. The number of ether oxygens (including phenoxy) is 3. The number of hydrogen-bond acceptors (Lipinski definition) is 6. The molecule has 1 aliphatic heterocycles. The molecule has 2 aromatic rings. The van der Waals surface area contributed by atoms with E-state index in [1.807, 2.05) is 18.2 Å². The fraction of sp³-hybridized carbons (Fsp3) is 0.263. The molecule has 3 N–H and O–H groups in total. The Hall–Kier alpha value is -2.64. The van der Waals surface area contributed by atoms with E-state index in [2.05, 4.69) is 5.32 Å². The first-order chi connectivity index (χ1) is 13.4. The molecule has 0 aliphatic carbocycles. The molecule has 1 heterocycles. The summed E-state index contributed by atoms with van der Waals surface area (Å²) >= 11 is 11.7. The molecule has 0 saturated carbocycles. The van der Waals surface area contributed by atoms with Gasteiger partial charge in [0.25, 0.3) is 5.91 Å². The molecule has 0 fully saturated rings. The van der Waals surface area contributed by atoms with Gasteiger partial charge >= 0.3 is 5.97 Å². The van der Waals surface area contributed by atoms with E-state index < -0.39 is 18.5 Å². The van der Waals surface area contributed by atoms with Crippen molar-refractivity contribution in [2.75, 3.05) is 32.1 Å². The minimum Gasteiger partial charge on any atom is -0.486 e. The van der Waals surface area contributed by atoms with Gasteiger partial charge in [-0.05, 0) is 36.2 Å². The number of carbonyl (C=O) groups is 2. The van der Waals surface area contributed by atoms with E-state index in [1.165, 1.54) is 12.1 Å². The predicted octanol–water partition coefficient (Wildman–Crippen LogP) is 2.86. The molecule has 0 spiro atoms. The van der Waals surface area contributed by atoms with Crippen LogP contribution >= 0.6 is 23.2 Å². The van der Waals surface area contributed by atoms with Crippen molar-refractivity contribution in [2.45, 2.75) is 6.42 Å². The molecule has 0 unspecified atom stereocenters. The van der Waals surface area contributed by atoms with Crippen LogP contribution in [-0.4, -0.2) is 38.2 Å². The highest BCUT2D eigenvalue weighted by atomic mass is 35.5. The van der Waals surface area contributed by atoms with Gasteiger partial charge in [0.1, 0.15) is 13.2 Å². The molecule has 0 aromatic heterocycles. The molecule has 0 bridgehead atoms. The lowest BCUT2D eigenvalue weighted by Gasteiger charge is -2.18. The van der Waals surface area contributed by atoms with Crippen LogP contribution in [0.5, 0.6) is 11.5 Å². The van der Waals surface area contributed by atoms with Crippen LogP contribution < -0.4 is 20.5 Å². The number of nitrogens with two attached hydrogens (primary N) is 1. The van der Waals surface area contributed by atoms with E-state index in [1.54, 1.807) is 0 Å². The quantitative estimate of drug-likeness (QED) is 0.546. The topological polar surface area (TPSA) is 99.9 Å². The Bertz CT molecular complexity index is 904. The normalized spacial score (nSPS) is 12.4. The van der Waals surface area contributed by atoms with Gasteiger partial charge in [-0.1, -0.05) is 29.3 Å². The Morgan fingerprint density at radius 2 is 1.86 bits per heavy atom. The number of benzene rings is 2. The van der Waals surface area contributed by atoms with Gasteiger partial charge < -0.3 is 25.3 Å². The third kappa shape index (κ3) is 4.99. The maximum atomic E-state index is 12.1. The standard InChI is InChI=1S/C19H18Cl2N2O5/c20-12-8-13(18(22)14(21)9-12)19(25)28-10-17(24)23-4-3-11-1-2-15-16(7-11)27-6-5-26-15/h1-2,7-9H,3-6,10,22H2,(H,23,24). The predicted molar refractivity (Wildman–Crippen MR) is 105 cm³/mol. The summed E-state index contributed by atoms with van der Waals surface area (Å²) in [5.41, 5.74) is 6.80. The molecular weight excluding hydrogens is 407 g/mol. The second-order valence-electron chi connectivity index (χ2n) is 6.00. The molecule has 2 aromatic carbocycles. The number of nitrogens with one attached hydrogen (secondary N) is 1. The maximum Gasteiger partial charge on any atom is 0.340 e. The van der Waals surface area contributed by atoms with Crippen LogP contribution in [0.15, 0.2) is 30.3 Å². The molecule has 0 saturated heterocycles. The monoisotopic (exact) mass is 424 g/mol. The highest BCUT2D eigenvalue weighted by Crippen LogP contribution is 2.31. The number of rotatable bonds is 6. The Morgan fingerprint density at radius 1 is 1.11 bits per heavy atom. The van der Waals surface area contributed by atoms with Gasteiger partial charge in [0.15, 0.2) is 18.1 Å². The Labute approximate surface area is 171 Å². The fourth-order valence-electron chi connectivity index (χ4n) is 2.60. The van der Waals surface area contributed by atoms with Crippen molar-refractivity contribution in [1.82, 2.24) is 5.32 Å². The van der Waals surface area contributed by atoms with Crippen LogP contribution in [0.2, 0.25) is 10.0 Å². The summed E-state index contributed by atoms with van der Waals surface area (Å²) in [5, 5.41) is 3.07. The molecule has 0 atom stereocenters. The van der Waals surface area contributed by atoms with Crippen LogP contribution in [0.4, 0.5) is 5.69 Å². The van der Waals surface area contributed by atoms with Gasteiger partial charge in [0.05, 0.1) is 16.3 Å². The van der Waals surface area contributed by atoms with E-state index >= 15 is 0 Å². The third-order valence-electron chi connectivity index (χ3n) is 3.99. The van der Waals surface area contributed by atoms with Gasteiger partial charge in [-0.25, -0.2) is 4.79 Å². The van der Waals surface area contributed by atoms with Crippen molar-refractivity contribution in [2.24, 2.45) is 0 Å². The number of hydrogen-bond donors (Lipinski definition) is 2. The number of fused-ring (bicyclic) bond motifs is 1. The van der Waals surface area contributed by atoms with E-state index in [9.17, 15) is 9.59 Å². The summed E-state index contributed by atoms with van der Waals surface area (Å²) < 4.78 is 16.0. The van der Waals surface area contributed by atoms with Gasteiger partial charge in [-0.3, -0.25) is 4.79 Å². The Morgan fingerprint density at radius 3 is 2.64 bits per heavy atom. The van der Waals surface area contributed by atoms with Crippen molar-refractivity contribution in [3.63, 3.8) is 0 Å². The first-order valence-electron chi connectivity index (χ1n) is 8.51. The van der Waals surface area contributed by atoms with Crippen molar-refractivity contribution < 1.29 is 23.8 Å². The fourth-order valence-corrected chi connectivity index (χ4v) is 3.10. The number of nitrogen functional groups attached to an aromatic ring is 1. The molecule has 148 valence electrons.